The van der Waals surface area contributed by atoms with E-state index >= 15 is 0 Å². The second-order valence-electron chi connectivity index (χ2n) is 2.45. The molecule has 0 bridgehead atoms. The third-order valence-electron chi connectivity index (χ3n) is 1.45. The molecule has 0 amide bonds. The number of carbonyl (C=O) groups is 1. The highest BCUT2D eigenvalue weighted by Crippen LogP contribution is 2.05. The van der Waals surface area contributed by atoms with Gasteiger partial charge >= 0.3 is 0 Å². The lowest BCUT2D eigenvalue weighted by atomic mass is 10.5. The normalized spacial score (nSPS) is 28.3. The van der Waals surface area contributed by atoms with Gasteiger partial charge in [-0.25, -0.2) is 0 Å². The van der Waals surface area contributed by atoms with E-state index in [-0.39, 0.29) is 5.97 Å². The van der Waals surface area contributed by atoms with Crippen LogP contribution in [0, 0.1) is 0 Å². The Bertz CT molecular complexity index is 122. The lowest BCUT2D eigenvalue weighted by molar-refractivity contribution is -0.132. The fraction of sp³-hybridized carbons (Fsp3) is 0.800. The van der Waals surface area contributed by atoms with Gasteiger partial charge in [0.2, 0.25) is 8.56 Å². The van der Waals surface area contributed by atoms with Gasteiger partial charge in [0.1, 0.15) is 0 Å². The van der Waals surface area contributed by atoms with Crippen LogP contribution in [0.1, 0.15) is 13.3 Å². The molecule has 0 aliphatic carbocycles. The molecule has 0 aromatic carbocycles. The Kier molecular flexibility index (Phi) is 3.10. The van der Waals surface area contributed by atoms with Crippen molar-refractivity contribution in [3.05, 3.63) is 0 Å². The summed E-state index contributed by atoms with van der Waals surface area (Å²) in [7, 11) is -1.54. The zero-order chi connectivity index (χ0) is 7.40. The number of hydrogen-bond acceptors (Lipinski definition) is 3. The second-order valence-corrected chi connectivity index (χ2v) is 8.98. The van der Waals surface area contributed by atoms with Crippen LogP contribution in [0.3, 0.4) is 0 Å². The third kappa shape index (κ3) is 2.63. The third-order valence-corrected chi connectivity index (χ3v) is 7.61. The van der Waals surface area contributed by atoms with Crippen LogP contribution in [0.25, 0.3) is 0 Å². The van der Waals surface area contributed by atoms with Crippen molar-refractivity contribution < 1.29 is 13.6 Å². The molecule has 0 aromatic rings. The maximum Gasteiger partial charge on any atom is 0.289 e. The molecule has 0 radical (unpaired) electrons. The van der Waals surface area contributed by atoms with E-state index in [0.717, 1.165) is 19.1 Å². The molecule has 0 aromatic heterocycles. The molecule has 0 N–H and O–H groups in total. The van der Waals surface area contributed by atoms with Gasteiger partial charge in [-0.3, -0.25) is 4.79 Å². The average Bonchev–Trinajstić information content (AvgIpc) is 1.88. The standard InChI is InChI=1S/C5H12O3Si2/c1-5(6)8-10-4-2-3-7-9-10/h10H,2-4,9H2,1H3. The fourth-order valence-electron chi connectivity index (χ4n) is 1.04. The van der Waals surface area contributed by atoms with Gasteiger partial charge in [-0.05, 0) is 12.5 Å². The molecule has 1 fully saturated rings. The van der Waals surface area contributed by atoms with E-state index < -0.39 is 17.8 Å². The van der Waals surface area contributed by atoms with Crippen molar-refractivity contribution in [1.29, 1.82) is 0 Å². The molecule has 1 unspecified atom stereocenters. The molecule has 10 heavy (non-hydrogen) atoms. The van der Waals surface area contributed by atoms with Crippen molar-refractivity contribution in [1.82, 2.24) is 0 Å². The van der Waals surface area contributed by atoms with Gasteiger partial charge in [0.25, 0.3) is 5.97 Å². The molecule has 1 rings (SSSR count). The van der Waals surface area contributed by atoms with Crippen LogP contribution in [0.15, 0.2) is 0 Å². The van der Waals surface area contributed by atoms with Gasteiger partial charge in [-0.15, -0.1) is 0 Å². The van der Waals surface area contributed by atoms with E-state index in [2.05, 4.69) is 0 Å². The van der Waals surface area contributed by atoms with Crippen molar-refractivity contribution in [2.24, 2.45) is 0 Å². The SMILES string of the molecule is CC(=O)O[SiH]1CCCO[SiH2]1. The Morgan fingerprint density at radius 3 is 3.10 bits per heavy atom. The molecule has 1 atom stereocenters. The van der Waals surface area contributed by atoms with E-state index in [4.69, 9.17) is 8.85 Å². The topological polar surface area (TPSA) is 35.5 Å². The first-order valence-electron chi connectivity index (χ1n) is 3.54. The molecular formula is C5H12O3Si2. The van der Waals surface area contributed by atoms with Gasteiger partial charge in [0.15, 0.2) is 9.28 Å². The van der Waals surface area contributed by atoms with Gasteiger partial charge in [-0.1, -0.05) is 0 Å². The molecule has 1 heterocycles. The summed E-state index contributed by atoms with van der Waals surface area (Å²) < 4.78 is 10.4. The predicted molar refractivity (Wildman–Crippen MR) is 42.8 cm³/mol. The molecule has 1 saturated heterocycles. The quantitative estimate of drug-likeness (QED) is 0.494. The number of carbonyl (C=O) groups excluding carboxylic acids is 1. The molecule has 5 heteroatoms. The van der Waals surface area contributed by atoms with Crippen LogP contribution in [-0.4, -0.2) is 30.4 Å². The Morgan fingerprint density at radius 1 is 1.80 bits per heavy atom. The average molecular weight is 176 g/mol. The smallest absolute Gasteiger partial charge is 0.289 e. The Labute approximate surface area is 64.2 Å². The van der Waals surface area contributed by atoms with Crippen LogP contribution in [0.2, 0.25) is 6.04 Å². The number of rotatable bonds is 1. The van der Waals surface area contributed by atoms with Gasteiger partial charge in [-0.2, -0.15) is 0 Å². The van der Waals surface area contributed by atoms with E-state index in [1.54, 1.807) is 0 Å². The molecule has 1 aliphatic heterocycles. The van der Waals surface area contributed by atoms with Crippen LogP contribution < -0.4 is 0 Å². The Hall–Kier alpha value is -0.136. The van der Waals surface area contributed by atoms with Gasteiger partial charge in [0.05, 0.1) is 0 Å². The maximum absolute atomic E-state index is 10.5. The van der Waals surface area contributed by atoms with Gasteiger partial charge in [0, 0.05) is 13.5 Å². The first-order chi connectivity index (χ1) is 4.79. The number of hydrogen-bond donors (Lipinski definition) is 0. The summed E-state index contributed by atoms with van der Waals surface area (Å²) in [5, 5.41) is 0. The highest BCUT2D eigenvalue weighted by molar-refractivity contribution is 7.07. The van der Waals surface area contributed by atoms with Gasteiger partial charge < -0.3 is 8.85 Å². The summed E-state index contributed by atoms with van der Waals surface area (Å²) in [5.41, 5.74) is 0. The highest BCUT2D eigenvalue weighted by atomic mass is 29.2. The van der Waals surface area contributed by atoms with Crippen LogP contribution >= 0.6 is 0 Å². The highest BCUT2D eigenvalue weighted by Gasteiger charge is 2.19. The summed E-state index contributed by atoms with van der Waals surface area (Å²) in [6.45, 7) is 2.38. The van der Waals surface area contributed by atoms with Crippen LogP contribution in [-0.2, 0) is 13.6 Å². The van der Waals surface area contributed by atoms with Crippen molar-refractivity contribution in [2.75, 3.05) is 6.61 Å². The minimum atomic E-state index is -1.12. The first-order valence-corrected chi connectivity index (χ1v) is 8.67. The molecular weight excluding hydrogens is 164 g/mol. The van der Waals surface area contributed by atoms with E-state index in [1.807, 2.05) is 0 Å². The van der Waals surface area contributed by atoms with Crippen molar-refractivity contribution in [3.63, 3.8) is 0 Å². The fourth-order valence-corrected chi connectivity index (χ4v) is 6.68. The lowest BCUT2D eigenvalue weighted by Gasteiger charge is -2.19. The molecule has 1 aliphatic rings. The van der Waals surface area contributed by atoms with E-state index in [0.29, 0.717) is 0 Å². The van der Waals surface area contributed by atoms with Crippen molar-refractivity contribution >= 4 is 23.8 Å². The van der Waals surface area contributed by atoms with E-state index in [9.17, 15) is 4.79 Å². The molecule has 0 saturated carbocycles. The summed E-state index contributed by atoms with van der Waals surface area (Å²) >= 11 is 0. The monoisotopic (exact) mass is 176 g/mol. The second kappa shape index (κ2) is 3.89. The summed E-state index contributed by atoms with van der Waals surface area (Å²) in [5.74, 6) is -0.116. The summed E-state index contributed by atoms with van der Waals surface area (Å²) in [6, 6.07) is 1.14. The largest absolute Gasteiger partial charge is 0.523 e. The van der Waals surface area contributed by atoms with Crippen LogP contribution in [0.4, 0.5) is 0 Å². The lowest BCUT2D eigenvalue weighted by Crippen LogP contribution is -2.34. The Balaban J connectivity index is 2.19. The van der Waals surface area contributed by atoms with E-state index in [1.165, 1.54) is 6.92 Å². The van der Waals surface area contributed by atoms with Crippen molar-refractivity contribution in [3.8, 4) is 0 Å². The Morgan fingerprint density at radius 2 is 2.60 bits per heavy atom. The van der Waals surface area contributed by atoms with Crippen molar-refractivity contribution in [2.45, 2.75) is 19.4 Å². The molecule has 3 nitrogen and oxygen atoms in total. The first kappa shape index (κ1) is 7.97. The molecule has 0 spiro atoms. The summed E-state index contributed by atoms with van der Waals surface area (Å²) in [6.07, 6.45) is 1.09. The zero-order valence-electron chi connectivity index (χ0n) is 6.13. The summed E-state index contributed by atoms with van der Waals surface area (Å²) in [4.78, 5) is 10.5. The molecule has 58 valence electrons. The minimum Gasteiger partial charge on any atom is -0.523 e. The predicted octanol–water partition coefficient (Wildman–Crippen LogP) is -0.726. The minimum absolute atomic E-state index is 0.116. The zero-order valence-corrected chi connectivity index (χ0v) is 8.70. The maximum atomic E-state index is 10.5. The van der Waals surface area contributed by atoms with Crippen LogP contribution in [0.5, 0.6) is 0 Å².